The van der Waals surface area contributed by atoms with Crippen molar-refractivity contribution in [2.24, 2.45) is 0 Å². The van der Waals surface area contributed by atoms with Gasteiger partial charge in [0.2, 0.25) is 11.8 Å². The topological polar surface area (TPSA) is 90.5 Å². The molecule has 0 spiro atoms. The number of nitrogens with zero attached hydrogens (tertiary/aromatic N) is 1. The SMILES string of the molecule is CCCN(CC(=O)NC(=O)NCc1cccs1)CC(=O)Nc1ccccc1C. The van der Waals surface area contributed by atoms with Crippen molar-refractivity contribution in [2.75, 3.05) is 25.0 Å². The molecule has 28 heavy (non-hydrogen) atoms. The van der Waals surface area contributed by atoms with Crippen LogP contribution in [-0.2, 0) is 16.1 Å². The number of carbonyl (C=O) groups excluding carboxylic acids is 3. The molecule has 0 aliphatic carbocycles. The first-order valence-electron chi connectivity index (χ1n) is 9.15. The van der Waals surface area contributed by atoms with Gasteiger partial charge in [-0.05, 0) is 43.0 Å². The van der Waals surface area contributed by atoms with Crippen molar-refractivity contribution in [1.29, 1.82) is 0 Å². The number of rotatable bonds is 9. The Hall–Kier alpha value is -2.71. The van der Waals surface area contributed by atoms with Gasteiger partial charge in [0.1, 0.15) is 0 Å². The Morgan fingerprint density at radius 1 is 1.04 bits per heavy atom. The van der Waals surface area contributed by atoms with Crippen LogP contribution in [0.25, 0.3) is 0 Å². The Balaban J connectivity index is 1.80. The number of imide groups is 1. The number of anilines is 1. The van der Waals surface area contributed by atoms with Gasteiger partial charge < -0.3 is 10.6 Å². The van der Waals surface area contributed by atoms with Crippen molar-refractivity contribution in [3.05, 3.63) is 52.2 Å². The first-order chi connectivity index (χ1) is 13.5. The normalized spacial score (nSPS) is 10.5. The molecule has 2 rings (SSSR count). The lowest BCUT2D eigenvalue weighted by Gasteiger charge is -2.20. The molecule has 2 aromatic rings. The summed E-state index contributed by atoms with van der Waals surface area (Å²) in [6.07, 6.45) is 0.787. The molecule has 0 atom stereocenters. The Kier molecular flexibility index (Phi) is 8.64. The summed E-state index contributed by atoms with van der Waals surface area (Å²) in [5.74, 6) is -0.640. The van der Waals surface area contributed by atoms with E-state index in [4.69, 9.17) is 0 Å². The lowest BCUT2D eigenvalue weighted by Crippen LogP contribution is -2.46. The summed E-state index contributed by atoms with van der Waals surface area (Å²) in [7, 11) is 0. The highest BCUT2D eigenvalue weighted by Crippen LogP contribution is 2.13. The number of para-hydroxylation sites is 1. The smallest absolute Gasteiger partial charge is 0.321 e. The predicted octanol–water partition coefficient (Wildman–Crippen LogP) is 2.73. The van der Waals surface area contributed by atoms with Crippen molar-refractivity contribution in [3.63, 3.8) is 0 Å². The maximum absolute atomic E-state index is 12.3. The second-order valence-corrected chi connectivity index (χ2v) is 7.42. The van der Waals surface area contributed by atoms with E-state index in [1.54, 1.807) is 4.90 Å². The fourth-order valence-corrected chi connectivity index (χ4v) is 3.27. The van der Waals surface area contributed by atoms with Crippen molar-refractivity contribution in [3.8, 4) is 0 Å². The van der Waals surface area contributed by atoms with Crippen LogP contribution in [0.15, 0.2) is 41.8 Å². The molecule has 0 saturated carbocycles. The van der Waals surface area contributed by atoms with Crippen molar-refractivity contribution in [1.82, 2.24) is 15.5 Å². The van der Waals surface area contributed by atoms with E-state index in [1.807, 2.05) is 55.6 Å². The van der Waals surface area contributed by atoms with Crippen LogP contribution in [0.3, 0.4) is 0 Å². The highest BCUT2D eigenvalue weighted by molar-refractivity contribution is 7.09. The summed E-state index contributed by atoms with van der Waals surface area (Å²) in [6, 6.07) is 10.8. The maximum Gasteiger partial charge on any atom is 0.321 e. The standard InChI is InChI=1S/C20H26N4O3S/c1-3-10-24(13-18(25)22-17-9-5-4-7-15(17)2)14-19(26)23-20(27)21-12-16-8-6-11-28-16/h4-9,11H,3,10,12-14H2,1-2H3,(H,22,25)(H2,21,23,26,27). The average molecular weight is 403 g/mol. The Morgan fingerprint density at radius 3 is 2.46 bits per heavy atom. The van der Waals surface area contributed by atoms with Gasteiger partial charge in [0.15, 0.2) is 0 Å². The Bertz CT molecular complexity index is 793. The van der Waals surface area contributed by atoms with Crippen LogP contribution in [0.2, 0.25) is 0 Å². The fourth-order valence-electron chi connectivity index (χ4n) is 2.63. The number of hydrogen-bond acceptors (Lipinski definition) is 5. The first kappa shape index (κ1) is 21.6. The molecule has 8 heteroatoms. The lowest BCUT2D eigenvalue weighted by molar-refractivity contribution is -0.122. The van der Waals surface area contributed by atoms with E-state index < -0.39 is 11.9 Å². The molecule has 0 saturated heterocycles. The summed E-state index contributed by atoms with van der Waals surface area (Å²) < 4.78 is 0. The van der Waals surface area contributed by atoms with Crippen molar-refractivity contribution < 1.29 is 14.4 Å². The third kappa shape index (κ3) is 7.50. The molecule has 0 aliphatic rings. The van der Waals surface area contributed by atoms with Gasteiger partial charge in [0.25, 0.3) is 0 Å². The van der Waals surface area contributed by atoms with Crippen LogP contribution < -0.4 is 16.0 Å². The highest BCUT2D eigenvalue weighted by Gasteiger charge is 2.16. The molecule has 0 radical (unpaired) electrons. The minimum Gasteiger partial charge on any atom is -0.333 e. The molecule has 0 aliphatic heterocycles. The summed E-state index contributed by atoms with van der Waals surface area (Å²) in [6.45, 7) is 4.88. The van der Waals surface area contributed by atoms with E-state index in [2.05, 4.69) is 16.0 Å². The lowest BCUT2D eigenvalue weighted by atomic mass is 10.2. The molecule has 0 bridgehead atoms. The summed E-state index contributed by atoms with van der Waals surface area (Å²) >= 11 is 1.53. The zero-order chi connectivity index (χ0) is 20.4. The third-order valence-electron chi connectivity index (χ3n) is 3.95. The van der Waals surface area contributed by atoms with Crippen LogP contribution in [0.5, 0.6) is 0 Å². The van der Waals surface area contributed by atoms with Crippen LogP contribution in [0.4, 0.5) is 10.5 Å². The number of urea groups is 1. The number of amides is 4. The molecule has 0 unspecified atom stereocenters. The van der Waals surface area contributed by atoms with Gasteiger partial charge in [-0.1, -0.05) is 31.2 Å². The number of thiophene rings is 1. The quantitative estimate of drug-likeness (QED) is 0.602. The molecular weight excluding hydrogens is 376 g/mol. The molecular formula is C20H26N4O3S. The molecule has 4 amide bonds. The van der Waals surface area contributed by atoms with Gasteiger partial charge in [-0.3, -0.25) is 19.8 Å². The van der Waals surface area contributed by atoms with Gasteiger partial charge in [-0.25, -0.2) is 4.79 Å². The minimum absolute atomic E-state index is 0.0263. The largest absolute Gasteiger partial charge is 0.333 e. The fraction of sp³-hybridized carbons (Fsp3) is 0.350. The monoisotopic (exact) mass is 402 g/mol. The van der Waals surface area contributed by atoms with Crippen LogP contribution in [-0.4, -0.2) is 42.4 Å². The van der Waals surface area contributed by atoms with E-state index in [9.17, 15) is 14.4 Å². The summed E-state index contributed by atoms with van der Waals surface area (Å²) in [5.41, 5.74) is 1.72. The molecule has 150 valence electrons. The molecule has 3 N–H and O–H groups in total. The number of hydrogen-bond donors (Lipinski definition) is 3. The van der Waals surface area contributed by atoms with Crippen molar-refractivity contribution >= 4 is 34.9 Å². The van der Waals surface area contributed by atoms with Crippen LogP contribution >= 0.6 is 11.3 Å². The Morgan fingerprint density at radius 2 is 1.79 bits per heavy atom. The number of carbonyl (C=O) groups is 3. The number of nitrogens with one attached hydrogen (secondary N) is 3. The average Bonchev–Trinajstić information content (AvgIpc) is 3.15. The molecule has 7 nitrogen and oxygen atoms in total. The highest BCUT2D eigenvalue weighted by atomic mass is 32.1. The molecule has 0 fully saturated rings. The van der Waals surface area contributed by atoms with E-state index in [1.165, 1.54) is 11.3 Å². The van der Waals surface area contributed by atoms with Gasteiger partial charge in [0.05, 0.1) is 19.6 Å². The Labute approximate surface area is 169 Å². The summed E-state index contributed by atoms with van der Waals surface area (Å²) in [5, 5.41) is 9.73. The zero-order valence-corrected chi connectivity index (χ0v) is 17.0. The number of benzene rings is 1. The second kappa shape index (κ2) is 11.2. The second-order valence-electron chi connectivity index (χ2n) is 6.38. The van der Waals surface area contributed by atoms with Gasteiger partial charge in [-0.2, -0.15) is 0 Å². The summed E-state index contributed by atoms with van der Waals surface area (Å²) in [4.78, 5) is 39.0. The van der Waals surface area contributed by atoms with Crippen molar-refractivity contribution in [2.45, 2.75) is 26.8 Å². The zero-order valence-electron chi connectivity index (χ0n) is 16.2. The van der Waals surface area contributed by atoms with Crippen LogP contribution in [0.1, 0.15) is 23.8 Å². The number of aryl methyl sites for hydroxylation is 1. The molecule has 1 heterocycles. The van der Waals surface area contributed by atoms with Gasteiger partial charge in [-0.15, -0.1) is 11.3 Å². The van der Waals surface area contributed by atoms with Crippen LogP contribution in [0, 0.1) is 6.92 Å². The van der Waals surface area contributed by atoms with Gasteiger partial charge >= 0.3 is 6.03 Å². The van der Waals surface area contributed by atoms with Gasteiger partial charge in [0, 0.05) is 10.6 Å². The molecule has 1 aromatic carbocycles. The van der Waals surface area contributed by atoms with E-state index in [0.29, 0.717) is 13.1 Å². The maximum atomic E-state index is 12.3. The van der Waals surface area contributed by atoms with E-state index in [0.717, 1.165) is 22.5 Å². The minimum atomic E-state index is -0.542. The molecule has 1 aromatic heterocycles. The third-order valence-corrected chi connectivity index (χ3v) is 4.83. The van der Waals surface area contributed by atoms with E-state index in [-0.39, 0.29) is 19.0 Å². The van der Waals surface area contributed by atoms with E-state index >= 15 is 0 Å². The predicted molar refractivity (Wildman–Crippen MR) is 111 cm³/mol. The first-order valence-corrected chi connectivity index (χ1v) is 10.0.